The van der Waals surface area contributed by atoms with E-state index >= 15 is 0 Å². The lowest BCUT2D eigenvalue weighted by atomic mass is 10.1. The molecule has 0 fully saturated rings. The predicted molar refractivity (Wildman–Crippen MR) is 120 cm³/mol. The van der Waals surface area contributed by atoms with Gasteiger partial charge in [-0.1, -0.05) is 24.3 Å². The molecule has 2 aromatic carbocycles. The van der Waals surface area contributed by atoms with E-state index in [1.165, 1.54) is 11.8 Å². The van der Waals surface area contributed by atoms with Crippen molar-refractivity contribution in [3.05, 3.63) is 78.4 Å². The zero-order valence-corrected chi connectivity index (χ0v) is 18.1. The van der Waals surface area contributed by atoms with Crippen molar-refractivity contribution in [2.75, 3.05) is 5.75 Å². The zero-order valence-electron chi connectivity index (χ0n) is 17.3. The maximum absolute atomic E-state index is 12.9. The number of imidazole rings is 1. The highest BCUT2D eigenvalue weighted by atomic mass is 32.2. The van der Waals surface area contributed by atoms with E-state index in [4.69, 9.17) is 0 Å². The third-order valence-corrected chi connectivity index (χ3v) is 5.56. The molecule has 0 unspecified atom stereocenters. The monoisotopic (exact) mass is 422 g/mol. The third kappa shape index (κ3) is 5.73. The molecule has 0 bridgehead atoms. The van der Waals surface area contributed by atoms with Crippen LogP contribution in [0.1, 0.15) is 42.7 Å². The Kier molecular flexibility index (Phi) is 7.30. The number of benzene rings is 2. The molecule has 1 atom stereocenters. The first-order valence-electron chi connectivity index (χ1n) is 9.84. The van der Waals surface area contributed by atoms with Gasteiger partial charge in [-0.25, -0.2) is 4.98 Å². The molecule has 7 heteroatoms. The van der Waals surface area contributed by atoms with Crippen molar-refractivity contribution in [1.82, 2.24) is 20.2 Å². The van der Waals surface area contributed by atoms with Crippen molar-refractivity contribution < 1.29 is 9.59 Å². The highest BCUT2D eigenvalue weighted by molar-refractivity contribution is 8.00. The SMILES string of the molecule is CC(C)NC(=O)CSc1ccccc1C(=O)N[C@@H](C)c1ccc(-n2ccnc2)cc1. The van der Waals surface area contributed by atoms with Crippen molar-refractivity contribution in [2.24, 2.45) is 0 Å². The standard InChI is InChI=1S/C23H26N4O2S/c1-16(2)25-22(28)14-30-21-7-5-4-6-20(21)23(29)26-17(3)18-8-10-19(11-9-18)27-13-12-24-15-27/h4-13,15-17H,14H2,1-3H3,(H,25,28)(H,26,29)/t17-/m0/s1. The fourth-order valence-corrected chi connectivity index (χ4v) is 3.85. The minimum Gasteiger partial charge on any atom is -0.353 e. The Morgan fingerprint density at radius 1 is 1.03 bits per heavy atom. The Hall–Kier alpha value is -3.06. The smallest absolute Gasteiger partial charge is 0.252 e. The van der Waals surface area contributed by atoms with Gasteiger partial charge in [0.2, 0.25) is 5.91 Å². The van der Waals surface area contributed by atoms with Gasteiger partial charge in [0.1, 0.15) is 0 Å². The molecule has 6 nitrogen and oxygen atoms in total. The van der Waals surface area contributed by atoms with Crippen LogP contribution in [0.2, 0.25) is 0 Å². The summed E-state index contributed by atoms with van der Waals surface area (Å²) in [5.41, 5.74) is 2.59. The Bertz CT molecular complexity index is 985. The van der Waals surface area contributed by atoms with Crippen LogP contribution in [0.3, 0.4) is 0 Å². The van der Waals surface area contributed by atoms with Gasteiger partial charge in [-0.15, -0.1) is 11.8 Å². The summed E-state index contributed by atoms with van der Waals surface area (Å²) in [5, 5.41) is 5.92. The van der Waals surface area contributed by atoms with Crippen LogP contribution in [0.4, 0.5) is 0 Å². The highest BCUT2D eigenvalue weighted by Crippen LogP contribution is 2.24. The second-order valence-corrected chi connectivity index (χ2v) is 8.28. The van der Waals surface area contributed by atoms with Crippen molar-refractivity contribution in [2.45, 2.75) is 37.8 Å². The molecular formula is C23H26N4O2S. The number of nitrogens with one attached hydrogen (secondary N) is 2. The Labute approximate surface area is 181 Å². The Morgan fingerprint density at radius 2 is 1.77 bits per heavy atom. The van der Waals surface area contributed by atoms with Crippen molar-refractivity contribution in [1.29, 1.82) is 0 Å². The second-order valence-electron chi connectivity index (χ2n) is 7.26. The summed E-state index contributed by atoms with van der Waals surface area (Å²) < 4.78 is 1.93. The normalized spacial score (nSPS) is 11.9. The molecule has 0 spiro atoms. The van der Waals surface area contributed by atoms with Crippen molar-refractivity contribution in [3.8, 4) is 5.69 Å². The molecule has 1 heterocycles. The minimum atomic E-state index is -0.159. The van der Waals surface area contributed by atoms with Crippen molar-refractivity contribution in [3.63, 3.8) is 0 Å². The molecule has 0 aliphatic carbocycles. The largest absolute Gasteiger partial charge is 0.353 e. The lowest BCUT2D eigenvalue weighted by molar-refractivity contribution is -0.119. The van der Waals surface area contributed by atoms with Crippen LogP contribution in [0.5, 0.6) is 0 Å². The summed E-state index contributed by atoms with van der Waals surface area (Å²) in [7, 11) is 0. The number of hydrogen-bond acceptors (Lipinski definition) is 4. The van der Waals surface area contributed by atoms with E-state index in [9.17, 15) is 9.59 Å². The number of nitrogens with zero attached hydrogens (tertiary/aromatic N) is 2. The van der Waals surface area contributed by atoms with Crippen LogP contribution in [0.25, 0.3) is 5.69 Å². The van der Waals surface area contributed by atoms with Gasteiger partial charge in [0.15, 0.2) is 0 Å². The Balaban J connectivity index is 1.64. The number of thioether (sulfide) groups is 1. The maximum Gasteiger partial charge on any atom is 0.252 e. The first kappa shape index (κ1) is 21.6. The average Bonchev–Trinajstić information content (AvgIpc) is 3.27. The molecule has 1 aromatic heterocycles. The molecule has 2 amide bonds. The quantitative estimate of drug-likeness (QED) is 0.539. The van der Waals surface area contributed by atoms with Gasteiger partial charge in [-0.05, 0) is 50.6 Å². The summed E-state index contributed by atoms with van der Waals surface area (Å²) in [5.74, 6) is 0.0680. The minimum absolute atomic E-state index is 0.0449. The molecule has 30 heavy (non-hydrogen) atoms. The fraction of sp³-hybridized carbons (Fsp3) is 0.261. The molecule has 0 aliphatic rings. The van der Waals surface area contributed by atoms with E-state index in [1.54, 1.807) is 18.6 Å². The van der Waals surface area contributed by atoms with Gasteiger partial charge in [0, 0.05) is 29.0 Å². The molecule has 2 N–H and O–H groups in total. The van der Waals surface area contributed by atoms with Crippen LogP contribution >= 0.6 is 11.8 Å². The number of aromatic nitrogens is 2. The van der Waals surface area contributed by atoms with Gasteiger partial charge in [-0.3, -0.25) is 9.59 Å². The maximum atomic E-state index is 12.9. The number of amides is 2. The predicted octanol–water partition coefficient (Wildman–Crippen LogP) is 3.98. The van der Waals surface area contributed by atoms with Crippen LogP contribution in [0.15, 0.2) is 72.1 Å². The van der Waals surface area contributed by atoms with Gasteiger partial charge >= 0.3 is 0 Å². The summed E-state index contributed by atoms with van der Waals surface area (Å²) in [6.07, 6.45) is 5.37. The van der Waals surface area contributed by atoms with Gasteiger partial charge in [-0.2, -0.15) is 0 Å². The molecule has 0 saturated heterocycles. The van der Waals surface area contributed by atoms with Crippen LogP contribution in [-0.4, -0.2) is 33.2 Å². The molecule has 0 saturated carbocycles. The van der Waals surface area contributed by atoms with E-state index in [2.05, 4.69) is 15.6 Å². The molecule has 156 valence electrons. The topological polar surface area (TPSA) is 76.0 Å². The molecule has 3 rings (SSSR count). The van der Waals surface area contributed by atoms with Crippen molar-refractivity contribution >= 4 is 23.6 Å². The average molecular weight is 423 g/mol. The highest BCUT2D eigenvalue weighted by Gasteiger charge is 2.16. The van der Waals surface area contributed by atoms with E-state index in [0.717, 1.165) is 16.1 Å². The molecule has 0 radical (unpaired) electrons. The van der Waals surface area contributed by atoms with Gasteiger partial charge in [0.25, 0.3) is 5.91 Å². The number of carbonyl (C=O) groups is 2. The summed E-state index contributed by atoms with van der Waals surface area (Å²) in [6.45, 7) is 5.80. The molecule has 3 aromatic rings. The van der Waals surface area contributed by atoms with E-state index in [0.29, 0.717) is 5.56 Å². The van der Waals surface area contributed by atoms with Crippen LogP contribution < -0.4 is 10.6 Å². The molecule has 0 aliphatic heterocycles. The fourth-order valence-electron chi connectivity index (χ4n) is 2.99. The number of hydrogen-bond donors (Lipinski definition) is 2. The Morgan fingerprint density at radius 3 is 2.43 bits per heavy atom. The van der Waals surface area contributed by atoms with E-state index in [1.807, 2.05) is 74.0 Å². The lowest BCUT2D eigenvalue weighted by Gasteiger charge is -2.16. The van der Waals surface area contributed by atoms with E-state index < -0.39 is 0 Å². The summed E-state index contributed by atoms with van der Waals surface area (Å²) in [6, 6.07) is 15.3. The van der Waals surface area contributed by atoms with Crippen LogP contribution in [0, 0.1) is 0 Å². The summed E-state index contributed by atoms with van der Waals surface area (Å²) in [4.78, 5) is 29.7. The number of carbonyl (C=O) groups excluding carboxylic acids is 2. The molecular weight excluding hydrogens is 396 g/mol. The second kappa shape index (κ2) is 10.1. The van der Waals surface area contributed by atoms with Gasteiger partial charge < -0.3 is 15.2 Å². The zero-order chi connectivity index (χ0) is 21.5. The van der Waals surface area contributed by atoms with E-state index in [-0.39, 0.29) is 29.7 Å². The first-order chi connectivity index (χ1) is 14.4. The number of rotatable bonds is 8. The van der Waals surface area contributed by atoms with Gasteiger partial charge in [0.05, 0.1) is 23.7 Å². The first-order valence-corrected chi connectivity index (χ1v) is 10.8. The third-order valence-electron chi connectivity index (χ3n) is 4.48. The van der Waals surface area contributed by atoms with Crippen LogP contribution in [-0.2, 0) is 4.79 Å². The lowest BCUT2D eigenvalue weighted by Crippen LogP contribution is -2.31. The summed E-state index contributed by atoms with van der Waals surface area (Å²) >= 11 is 1.37.